The number of rotatable bonds is 6. The molecule has 0 spiro atoms. The summed E-state index contributed by atoms with van der Waals surface area (Å²) in [7, 11) is 1.70. The number of anilines is 1. The first-order valence-corrected chi connectivity index (χ1v) is 7.70. The highest BCUT2D eigenvalue weighted by Gasteiger charge is 2.15. The average molecular weight is 311 g/mol. The number of hydrogen-bond acceptors (Lipinski definition) is 3. The molecule has 2 amide bonds. The van der Waals surface area contributed by atoms with E-state index in [1.54, 1.807) is 13.1 Å². The monoisotopic (exact) mass is 311 g/mol. The number of aromatic nitrogens is 1. The predicted molar refractivity (Wildman–Crippen MR) is 90.7 cm³/mol. The van der Waals surface area contributed by atoms with Crippen LogP contribution in [0.3, 0.4) is 0 Å². The van der Waals surface area contributed by atoms with E-state index < -0.39 is 0 Å². The second-order valence-corrected chi connectivity index (χ2v) is 5.27. The molecule has 0 aliphatic heterocycles. The second kappa shape index (κ2) is 8.08. The molecular formula is C18H21N3O2. The molecule has 1 N–H and O–H groups in total. The van der Waals surface area contributed by atoms with Crippen molar-refractivity contribution in [2.45, 2.75) is 19.8 Å². The minimum Gasteiger partial charge on any atom is -0.352 e. The van der Waals surface area contributed by atoms with Crippen LogP contribution in [-0.2, 0) is 0 Å². The van der Waals surface area contributed by atoms with Crippen LogP contribution in [0, 0.1) is 0 Å². The number of nitrogens with one attached hydrogen (secondary N) is 1. The zero-order chi connectivity index (χ0) is 16.7. The molecule has 0 saturated carbocycles. The molecule has 0 saturated heterocycles. The summed E-state index contributed by atoms with van der Waals surface area (Å²) in [5.41, 5.74) is 1.57. The average Bonchev–Trinajstić information content (AvgIpc) is 2.61. The summed E-state index contributed by atoms with van der Waals surface area (Å²) in [6, 6.07) is 10.9. The number of pyridine rings is 1. The van der Waals surface area contributed by atoms with Gasteiger partial charge in [0.1, 0.15) is 0 Å². The second-order valence-electron chi connectivity index (χ2n) is 5.27. The van der Waals surface area contributed by atoms with Crippen molar-refractivity contribution in [2.75, 3.05) is 18.5 Å². The van der Waals surface area contributed by atoms with Crippen LogP contribution in [0.5, 0.6) is 0 Å². The van der Waals surface area contributed by atoms with Gasteiger partial charge in [-0.15, -0.1) is 0 Å². The highest BCUT2D eigenvalue weighted by Crippen LogP contribution is 2.15. The van der Waals surface area contributed by atoms with Crippen LogP contribution in [0.15, 0.2) is 48.8 Å². The third-order valence-corrected chi connectivity index (χ3v) is 3.51. The molecule has 120 valence electrons. The molecule has 0 bridgehead atoms. The number of unbranched alkanes of at least 4 members (excludes halogenated alkanes) is 1. The van der Waals surface area contributed by atoms with Gasteiger partial charge in [0.05, 0.1) is 11.1 Å². The maximum Gasteiger partial charge on any atom is 0.259 e. The van der Waals surface area contributed by atoms with Gasteiger partial charge >= 0.3 is 0 Å². The molecule has 2 rings (SSSR count). The number of carbonyl (C=O) groups is 2. The highest BCUT2D eigenvalue weighted by atomic mass is 16.2. The van der Waals surface area contributed by atoms with E-state index in [1.165, 1.54) is 17.3 Å². The lowest BCUT2D eigenvalue weighted by atomic mass is 10.1. The first-order valence-electron chi connectivity index (χ1n) is 7.70. The highest BCUT2D eigenvalue weighted by molar-refractivity contribution is 6.07. The Hall–Kier alpha value is -2.69. The van der Waals surface area contributed by atoms with E-state index in [2.05, 4.69) is 17.2 Å². The first kappa shape index (κ1) is 16.7. The largest absolute Gasteiger partial charge is 0.352 e. The van der Waals surface area contributed by atoms with Crippen molar-refractivity contribution in [3.05, 3.63) is 59.9 Å². The molecule has 0 aliphatic rings. The lowest BCUT2D eigenvalue weighted by Gasteiger charge is -2.17. The summed E-state index contributed by atoms with van der Waals surface area (Å²) < 4.78 is 0. The van der Waals surface area contributed by atoms with Gasteiger partial charge in [-0.3, -0.25) is 14.6 Å². The molecule has 0 aliphatic carbocycles. The number of amides is 2. The number of nitrogens with zero attached hydrogens (tertiary/aromatic N) is 2. The van der Waals surface area contributed by atoms with Crippen molar-refractivity contribution >= 4 is 17.5 Å². The lowest BCUT2D eigenvalue weighted by molar-refractivity contribution is 0.0953. The Morgan fingerprint density at radius 3 is 2.52 bits per heavy atom. The van der Waals surface area contributed by atoms with Crippen LogP contribution in [0.25, 0.3) is 0 Å². The van der Waals surface area contributed by atoms with Gasteiger partial charge in [0.25, 0.3) is 11.8 Å². The lowest BCUT2D eigenvalue weighted by Crippen LogP contribution is -2.28. The quantitative estimate of drug-likeness (QED) is 0.834. The third-order valence-electron chi connectivity index (χ3n) is 3.51. The number of para-hydroxylation sites is 1. The molecule has 1 aromatic heterocycles. The maximum atomic E-state index is 12.5. The summed E-state index contributed by atoms with van der Waals surface area (Å²) in [6.45, 7) is 2.68. The smallest absolute Gasteiger partial charge is 0.259 e. The normalized spacial score (nSPS) is 10.2. The Morgan fingerprint density at radius 1 is 1.13 bits per heavy atom. The fourth-order valence-electron chi connectivity index (χ4n) is 2.12. The zero-order valence-corrected chi connectivity index (χ0v) is 13.5. The molecule has 1 aromatic carbocycles. The van der Waals surface area contributed by atoms with Crippen molar-refractivity contribution in [3.8, 4) is 0 Å². The Bertz CT molecular complexity index is 671. The molecule has 5 heteroatoms. The van der Waals surface area contributed by atoms with Crippen molar-refractivity contribution < 1.29 is 9.59 Å². The van der Waals surface area contributed by atoms with Crippen LogP contribution < -0.4 is 10.2 Å². The standard InChI is InChI=1S/C18H21N3O2/c1-3-4-10-20-17(22)14-11-15(13-19-12-14)18(23)21(2)16-8-6-5-7-9-16/h5-9,11-13H,3-4,10H2,1-2H3,(H,20,22). The predicted octanol–water partition coefficient (Wildman–Crippen LogP) is 2.89. The molecule has 2 aromatic rings. The van der Waals surface area contributed by atoms with E-state index in [9.17, 15) is 9.59 Å². The summed E-state index contributed by atoms with van der Waals surface area (Å²) in [4.78, 5) is 30.2. The Balaban J connectivity index is 2.12. The third kappa shape index (κ3) is 4.39. The van der Waals surface area contributed by atoms with E-state index >= 15 is 0 Å². The van der Waals surface area contributed by atoms with Crippen LogP contribution in [0.2, 0.25) is 0 Å². The topological polar surface area (TPSA) is 62.3 Å². The summed E-state index contributed by atoms with van der Waals surface area (Å²) >= 11 is 0. The van der Waals surface area contributed by atoms with Gasteiger partial charge in [-0.05, 0) is 24.6 Å². The molecule has 5 nitrogen and oxygen atoms in total. The molecule has 23 heavy (non-hydrogen) atoms. The Morgan fingerprint density at radius 2 is 1.83 bits per heavy atom. The fraction of sp³-hybridized carbons (Fsp3) is 0.278. The molecular weight excluding hydrogens is 290 g/mol. The Labute approximate surface area is 136 Å². The van der Waals surface area contributed by atoms with Crippen molar-refractivity contribution in [2.24, 2.45) is 0 Å². The van der Waals surface area contributed by atoms with Gasteiger partial charge in [-0.2, -0.15) is 0 Å². The molecule has 0 fully saturated rings. The Kier molecular flexibility index (Phi) is 5.86. The van der Waals surface area contributed by atoms with Gasteiger partial charge in [0, 0.05) is 31.7 Å². The minimum absolute atomic E-state index is 0.202. The van der Waals surface area contributed by atoms with E-state index in [-0.39, 0.29) is 11.8 Å². The summed E-state index contributed by atoms with van der Waals surface area (Å²) in [5.74, 6) is -0.408. The zero-order valence-electron chi connectivity index (χ0n) is 13.5. The molecule has 0 atom stereocenters. The summed E-state index contributed by atoms with van der Waals surface area (Å²) in [5, 5.41) is 2.82. The van der Waals surface area contributed by atoms with Crippen molar-refractivity contribution in [1.82, 2.24) is 10.3 Å². The van der Waals surface area contributed by atoms with Crippen molar-refractivity contribution in [1.29, 1.82) is 0 Å². The summed E-state index contributed by atoms with van der Waals surface area (Å²) in [6.07, 6.45) is 4.89. The van der Waals surface area contributed by atoms with Crippen LogP contribution in [0.4, 0.5) is 5.69 Å². The van der Waals surface area contributed by atoms with Gasteiger partial charge in [0.15, 0.2) is 0 Å². The fourth-order valence-corrected chi connectivity index (χ4v) is 2.12. The first-order chi connectivity index (χ1) is 11.1. The number of carbonyl (C=O) groups excluding carboxylic acids is 2. The van der Waals surface area contributed by atoms with E-state index in [1.807, 2.05) is 30.3 Å². The van der Waals surface area contributed by atoms with Gasteiger partial charge < -0.3 is 10.2 Å². The molecule has 1 heterocycles. The van der Waals surface area contributed by atoms with Crippen LogP contribution >= 0.6 is 0 Å². The van der Waals surface area contributed by atoms with E-state index in [0.29, 0.717) is 17.7 Å². The number of benzene rings is 1. The maximum absolute atomic E-state index is 12.5. The van der Waals surface area contributed by atoms with Crippen LogP contribution in [0.1, 0.15) is 40.5 Å². The number of hydrogen-bond donors (Lipinski definition) is 1. The van der Waals surface area contributed by atoms with E-state index in [4.69, 9.17) is 0 Å². The van der Waals surface area contributed by atoms with Gasteiger partial charge in [0.2, 0.25) is 0 Å². The van der Waals surface area contributed by atoms with E-state index in [0.717, 1.165) is 18.5 Å². The van der Waals surface area contributed by atoms with Crippen LogP contribution in [-0.4, -0.2) is 30.4 Å². The van der Waals surface area contributed by atoms with Gasteiger partial charge in [-0.25, -0.2) is 0 Å². The van der Waals surface area contributed by atoms with Crippen molar-refractivity contribution in [3.63, 3.8) is 0 Å². The SMILES string of the molecule is CCCCNC(=O)c1cncc(C(=O)N(C)c2ccccc2)c1. The van der Waals surface area contributed by atoms with Gasteiger partial charge in [-0.1, -0.05) is 31.5 Å². The minimum atomic E-state index is -0.206. The molecule has 0 radical (unpaired) electrons. The molecule has 0 unspecified atom stereocenters.